The van der Waals surface area contributed by atoms with Crippen LogP contribution in [0.2, 0.25) is 0 Å². The Bertz CT molecular complexity index is 557. The van der Waals surface area contributed by atoms with E-state index in [2.05, 4.69) is 36.9 Å². The summed E-state index contributed by atoms with van der Waals surface area (Å²) in [4.78, 5) is 0. The van der Waals surface area contributed by atoms with E-state index in [0.29, 0.717) is 0 Å². The summed E-state index contributed by atoms with van der Waals surface area (Å²) in [5, 5.41) is 0. The molecule has 1 aliphatic rings. The summed E-state index contributed by atoms with van der Waals surface area (Å²) in [6, 6.07) is 16.6. The zero-order valence-corrected chi connectivity index (χ0v) is 9.60. The molecule has 0 amide bonds. The van der Waals surface area contributed by atoms with Crippen LogP contribution in [0.15, 0.2) is 61.2 Å². The first-order valence-electron chi connectivity index (χ1n) is 5.86. The third-order valence-corrected chi connectivity index (χ3v) is 3.13. The van der Waals surface area contributed by atoms with Gasteiger partial charge in [-0.25, -0.2) is 0 Å². The van der Waals surface area contributed by atoms with Gasteiger partial charge in [0.25, 0.3) is 0 Å². The second-order valence-corrected chi connectivity index (χ2v) is 4.21. The molecule has 1 heteroatoms. The van der Waals surface area contributed by atoms with E-state index in [1.807, 2.05) is 24.3 Å². The van der Waals surface area contributed by atoms with Crippen molar-refractivity contribution >= 4 is 0 Å². The van der Waals surface area contributed by atoms with E-state index in [4.69, 9.17) is 4.74 Å². The van der Waals surface area contributed by atoms with Gasteiger partial charge in [-0.15, -0.1) is 6.58 Å². The fourth-order valence-electron chi connectivity index (χ4n) is 2.36. The molecule has 0 bridgehead atoms. The number of para-hydroxylation sites is 1. The highest BCUT2D eigenvalue weighted by Crippen LogP contribution is 2.43. The van der Waals surface area contributed by atoms with E-state index in [0.717, 1.165) is 12.2 Å². The highest BCUT2D eigenvalue weighted by Gasteiger charge is 2.23. The predicted octanol–water partition coefficient (Wildman–Crippen LogP) is 4.36. The largest absolute Gasteiger partial charge is 0.485 e. The number of benzene rings is 2. The van der Waals surface area contributed by atoms with Crippen molar-refractivity contribution in [3.63, 3.8) is 0 Å². The second-order valence-electron chi connectivity index (χ2n) is 4.21. The highest BCUT2D eigenvalue weighted by atomic mass is 16.5. The molecule has 0 radical (unpaired) electrons. The summed E-state index contributed by atoms with van der Waals surface area (Å²) in [7, 11) is 0. The van der Waals surface area contributed by atoms with Crippen molar-refractivity contribution in [2.45, 2.75) is 12.5 Å². The standard InChI is InChI=1S/C16H14O/c1-2-7-15-13-9-4-3-8-12(13)14-10-5-6-11-16(14)17-15/h2-6,8-11,15H,1,7H2/t15-/m1/s1. The third-order valence-electron chi connectivity index (χ3n) is 3.13. The molecule has 0 aliphatic carbocycles. The maximum absolute atomic E-state index is 6.03. The molecule has 0 spiro atoms. The average Bonchev–Trinajstić information content (AvgIpc) is 2.39. The Balaban J connectivity index is 2.19. The van der Waals surface area contributed by atoms with E-state index in [9.17, 15) is 0 Å². The van der Waals surface area contributed by atoms with Crippen molar-refractivity contribution in [3.05, 3.63) is 66.7 Å². The number of ether oxygens (including phenoxy) is 1. The van der Waals surface area contributed by atoms with Gasteiger partial charge in [0.2, 0.25) is 0 Å². The summed E-state index contributed by atoms with van der Waals surface area (Å²) in [5.41, 5.74) is 3.72. The summed E-state index contributed by atoms with van der Waals surface area (Å²) in [5.74, 6) is 0.970. The number of rotatable bonds is 2. The van der Waals surface area contributed by atoms with Crippen LogP contribution in [0.1, 0.15) is 18.1 Å². The Morgan fingerprint density at radius 1 is 1.00 bits per heavy atom. The molecule has 84 valence electrons. The van der Waals surface area contributed by atoms with Gasteiger partial charge in [0.15, 0.2) is 0 Å². The number of hydrogen-bond acceptors (Lipinski definition) is 1. The molecular formula is C16H14O. The van der Waals surface area contributed by atoms with Crippen LogP contribution < -0.4 is 4.74 Å². The van der Waals surface area contributed by atoms with Gasteiger partial charge >= 0.3 is 0 Å². The molecule has 1 heterocycles. The fourth-order valence-corrected chi connectivity index (χ4v) is 2.36. The molecule has 0 N–H and O–H groups in total. The lowest BCUT2D eigenvalue weighted by atomic mass is 9.92. The van der Waals surface area contributed by atoms with Gasteiger partial charge in [-0.05, 0) is 11.6 Å². The molecule has 1 nitrogen and oxygen atoms in total. The summed E-state index contributed by atoms with van der Waals surface area (Å²) < 4.78 is 6.03. The molecule has 2 aromatic carbocycles. The lowest BCUT2D eigenvalue weighted by Gasteiger charge is -2.28. The van der Waals surface area contributed by atoms with E-state index >= 15 is 0 Å². The van der Waals surface area contributed by atoms with E-state index < -0.39 is 0 Å². The van der Waals surface area contributed by atoms with Gasteiger partial charge in [-0.2, -0.15) is 0 Å². The van der Waals surface area contributed by atoms with Crippen molar-refractivity contribution in [2.24, 2.45) is 0 Å². The van der Waals surface area contributed by atoms with Crippen molar-refractivity contribution in [1.29, 1.82) is 0 Å². The monoisotopic (exact) mass is 222 g/mol. The van der Waals surface area contributed by atoms with Crippen molar-refractivity contribution < 1.29 is 4.74 Å². The topological polar surface area (TPSA) is 9.23 Å². The average molecular weight is 222 g/mol. The molecule has 1 atom stereocenters. The summed E-state index contributed by atoms with van der Waals surface area (Å²) in [6.07, 6.45) is 2.85. The molecule has 0 aromatic heterocycles. The first-order valence-corrected chi connectivity index (χ1v) is 5.86. The Labute approximate surface area is 101 Å². The number of fused-ring (bicyclic) bond motifs is 3. The van der Waals surface area contributed by atoms with Crippen molar-refractivity contribution in [1.82, 2.24) is 0 Å². The smallest absolute Gasteiger partial charge is 0.128 e. The Morgan fingerprint density at radius 3 is 2.53 bits per heavy atom. The van der Waals surface area contributed by atoms with Gasteiger partial charge in [-0.3, -0.25) is 0 Å². The summed E-state index contributed by atoms with van der Waals surface area (Å²) in [6.45, 7) is 3.80. The van der Waals surface area contributed by atoms with Crippen LogP contribution in [0.25, 0.3) is 11.1 Å². The lowest BCUT2D eigenvalue weighted by Crippen LogP contribution is -2.13. The maximum Gasteiger partial charge on any atom is 0.128 e. The fraction of sp³-hybridized carbons (Fsp3) is 0.125. The lowest BCUT2D eigenvalue weighted by molar-refractivity contribution is 0.206. The minimum absolute atomic E-state index is 0.0959. The van der Waals surface area contributed by atoms with E-state index in [-0.39, 0.29) is 6.10 Å². The van der Waals surface area contributed by atoms with Crippen LogP contribution in [0.3, 0.4) is 0 Å². The van der Waals surface area contributed by atoms with Gasteiger partial charge in [0.05, 0.1) is 0 Å². The van der Waals surface area contributed by atoms with Gasteiger partial charge < -0.3 is 4.74 Å². The second kappa shape index (κ2) is 4.10. The SMILES string of the molecule is C=CC[C@H]1Oc2ccccc2-c2ccccc21. The molecule has 0 fully saturated rings. The van der Waals surface area contributed by atoms with Crippen LogP contribution in [0.4, 0.5) is 0 Å². The minimum atomic E-state index is 0.0959. The van der Waals surface area contributed by atoms with Crippen LogP contribution in [-0.4, -0.2) is 0 Å². The number of hydrogen-bond donors (Lipinski definition) is 0. The van der Waals surface area contributed by atoms with E-state index in [1.54, 1.807) is 0 Å². The van der Waals surface area contributed by atoms with Gasteiger partial charge in [-0.1, -0.05) is 48.5 Å². The zero-order valence-electron chi connectivity index (χ0n) is 9.60. The molecule has 0 saturated carbocycles. The minimum Gasteiger partial charge on any atom is -0.485 e. The van der Waals surface area contributed by atoms with Crippen LogP contribution in [0.5, 0.6) is 5.75 Å². The first-order chi connectivity index (χ1) is 8.40. The van der Waals surface area contributed by atoms with Crippen LogP contribution in [-0.2, 0) is 0 Å². The van der Waals surface area contributed by atoms with Gasteiger partial charge in [0.1, 0.15) is 11.9 Å². The zero-order chi connectivity index (χ0) is 11.7. The Hall–Kier alpha value is -2.02. The molecule has 17 heavy (non-hydrogen) atoms. The first kappa shape index (κ1) is 10.2. The molecule has 3 rings (SSSR count). The highest BCUT2D eigenvalue weighted by molar-refractivity contribution is 5.75. The quantitative estimate of drug-likeness (QED) is 0.686. The maximum atomic E-state index is 6.03. The third kappa shape index (κ3) is 1.64. The molecule has 1 aliphatic heterocycles. The van der Waals surface area contributed by atoms with Crippen molar-refractivity contribution in [2.75, 3.05) is 0 Å². The Kier molecular flexibility index (Phi) is 2.45. The molecule has 0 unspecified atom stereocenters. The normalized spacial score (nSPS) is 16.6. The van der Waals surface area contributed by atoms with Crippen LogP contribution in [0, 0.1) is 0 Å². The molecule has 0 saturated heterocycles. The van der Waals surface area contributed by atoms with Crippen LogP contribution >= 0.6 is 0 Å². The predicted molar refractivity (Wildman–Crippen MR) is 70.1 cm³/mol. The van der Waals surface area contributed by atoms with Crippen molar-refractivity contribution in [3.8, 4) is 16.9 Å². The molecule has 2 aromatic rings. The molecular weight excluding hydrogens is 208 g/mol. The van der Waals surface area contributed by atoms with Gasteiger partial charge in [0, 0.05) is 17.5 Å². The Morgan fingerprint density at radius 2 is 1.71 bits per heavy atom. The summed E-state index contributed by atoms with van der Waals surface area (Å²) >= 11 is 0. The van der Waals surface area contributed by atoms with E-state index in [1.165, 1.54) is 16.7 Å².